The molecular weight excluding hydrogens is 394 g/mol. The fraction of sp³-hybridized carbons (Fsp3) is 0.167. The van der Waals surface area contributed by atoms with E-state index in [4.69, 9.17) is 13.9 Å². The van der Waals surface area contributed by atoms with Crippen LogP contribution in [0.4, 0.5) is 0 Å². The van der Waals surface area contributed by atoms with Crippen LogP contribution in [-0.2, 0) is 6.54 Å². The summed E-state index contributed by atoms with van der Waals surface area (Å²) in [4.78, 5) is 13.1. The molecule has 7 nitrogen and oxygen atoms in total. The molecule has 4 aromatic rings. The first kappa shape index (κ1) is 19.0. The van der Waals surface area contributed by atoms with Gasteiger partial charge in [-0.3, -0.25) is 4.79 Å². The van der Waals surface area contributed by atoms with Gasteiger partial charge in [0.1, 0.15) is 24.7 Å². The number of aromatic nitrogens is 2. The van der Waals surface area contributed by atoms with E-state index in [0.717, 1.165) is 22.8 Å². The van der Waals surface area contributed by atoms with Crippen LogP contribution in [0.2, 0.25) is 0 Å². The van der Waals surface area contributed by atoms with Gasteiger partial charge in [-0.2, -0.15) is 5.10 Å². The Kier molecular flexibility index (Phi) is 4.92. The lowest BCUT2D eigenvalue weighted by Gasteiger charge is -2.18. The highest BCUT2D eigenvalue weighted by atomic mass is 16.6. The number of fused-ring (bicyclic) bond motifs is 1. The molecule has 1 N–H and O–H groups in total. The molecule has 0 atom stereocenters. The molecule has 156 valence electrons. The number of carbonyl (C=O) groups excluding carboxylic acids is 1. The topological polar surface area (TPSA) is 78.5 Å². The minimum absolute atomic E-state index is 0.235. The van der Waals surface area contributed by atoms with Crippen LogP contribution < -0.4 is 14.8 Å². The van der Waals surface area contributed by atoms with Crippen molar-refractivity contribution in [1.29, 1.82) is 0 Å². The number of carbonyl (C=O) groups is 1. The van der Waals surface area contributed by atoms with Crippen LogP contribution in [0.25, 0.3) is 17.1 Å². The van der Waals surface area contributed by atoms with Crippen molar-refractivity contribution >= 4 is 5.91 Å². The van der Waals surface area contributed by atoms with Gasteiger partial charge in [-0.25, -0.2) is 4.68 Å². The molecule has 0 spiro atoms. The maximum absolute atomic E-state index is 13.1. The molecule has 0 bridgehead atoms. The van der Waals surface area contributed by atoms with Crippen molar-refractivity contribution in [3.63, 3.8) is 0 Å². The number of furan rings is 1. The van der Waals surface area contributed by atoms with Gasteiger partial charge in [-0.05, 0) is 48.9 Å². The van der Waals surface area contributed by atoms with Crippen molar-refractivity contribution in [2.75, 3.05) is 13.2 Å². The molecule has 5 rings (SSSR count). The molecule has 1 aliphatic rings. The lowest BCUT2D eigenvalue weighted by atomic mass is 10.1. The smallest absolute Gasteiger partial charge is 0.255 e. The standard InChI is InChI=1S/C24H21N3O4/c1-16-7-9-21(31-16)23-19(15-27(26-23)18-5-3-2-4-6-18)24(28)25-14-17-8-10-20-22(13-17)30-12-11-29-20/h2-10,13,15H,11-12,14H2,1H3,(H,25,28). The van der Waals surface area contributed by atoms with E-state index in [1.165, 1.54) is 0 Å². The molecule has 3 heterocycles. The van der Waals surface area contributed by atoms with Gasteiger partial charge in [0, 0.05) is 12.7 Å². The first-order valence-electron chi connectivity index (χ1n) is 10.1. The second-order valence-corrected chi connectivity index (χ2v) is 7.24. The summed E-state index contributed by atoms with van der Waals surface area (Å²) in [5.41, 5.74) is 2.72. The van der Waals surface area contributed by atoms with E-state index in [1.807, 2.05) is 67.6 Å². The summed E-state index contributed by atoms with van der Waals surface area (Å²) in [7, 11) is 0. The van der Waals surface area contributed by atoms with Crippen LogP contribution in [0, 0.1) is 6.92 Å². The van der Waals surface area contributed by atoms with Crippen molar-refractivity contribution in [3.8, 4) is 28.6 Å². The number of rotatable bonds is 5. The quantitative estimate of drug-likeness (QED) is 0.530. The minimum atomic E-state index is -0.235. The predicted octanol–water partition coefficient (Wildman–Crippen LogP) is 4.14. The zero-order valence-electron chi connectivity index (χ0n) is 17.0. The Morgan fingerprint density at radius 3 is 2.61 bits per heavy atom. The van der Waals surface area contributed by atoms with Gasteiger partial charge in [-0.1, -0.05) is 24.3 Å². The monoisotopic (exact) mass is 415 g/mol. The van der Waals surface area contributed by atoms with Crippen LogP contribution in [0.15, 0.2) is 71.3 Å². The molecule has 0 fully saturated rings. The summed E-state index contributed by atoms with van der Waals surface area (Å²) in [6.45, 7) is 3.28. The highest BCUT2D eigenvalue weighted by Gasteiger charge is 2.21. The van der Waals surface area contributed by atoms with Crippen LogP contribution >= 0.6 is 0 Å². The van der Waals surface area contributed by atoms with Crippen molar-refractivity contribution in [1.82, 2.24) is 15.1 Å². The van der Waals surface area contributed by atoms with Gasteiger partial charge in [0.2, 0.25) is 0 Å². The average molecular weight is 415 g/mol. The summed E-state index contributed by atoms with van der Waals surface area (Å²) in [5.74, 6) is 2.49. The first-order valence-corrected chi connectivity index (χ1v) is 10.1. The minimum Gasteiger partial charge on any atom is -0.486 e. The van der Waals surface area contributed by atoms with Crippen molar-refractivity contribution in [3.05, 3.63) is 83.7 Å². The van der Waals surface area contributed by atoms with E-state index in [2.05, 4.69) is 10.4 Å². The van der Waals surface area contributed by atoms with E-state index in [1.54, 1.807) is 10.9 Å². The number of amides is 1. The Bertz CT molecular complexity index is 1230. The summed E-state index contributed by atoms with van der Waals surface area (Å²) in [5, 5.41) is 7.60. The summed E-state index contributed by atoms with van der Waals surface area (Å²) in [6.07, 6.45) is 1.72. The third-order valence-electron chi connectivity index (χ3n) is 5.01. The van der Waals surface area contributed by atoms with Gasteiger partial charge in [-0.15, -0.1) is 0 Å². The maximum atomic E-state index is 13.1. The van der Waals surface area contributed by atoms with Gasteiger partial charge in [0.15, 0.2) is 17.3 Å². The van der Waals surface area contributed by atoms with E-state index in [0.29, 0.717) is 42.5 Å². The van der Waals surface area contributed by atoms with Crippen LogP contribution in [0.1, 0.15) is 21.7 Å². The number of benzene rings is 2. The number of hydrogen-bond donors (Lipinski definition) is 1. The number of nitrogens with one attached hydrogen (secondary N) is 1. The molecule has 2 aromatic heterocycles. The summed E-state index contributed by atoms with van der Waals surface area (Å²) < 4.78 is 18.6. The SMILES string of the molecule is Cc1ccc(-c2nn(-c3ccccc3)cc2C(=O)NCc2ccc3c(c2)OCCO3)o1. The lowest BCUT2D eigenvalue weighted by Crippen LogP contribution is -2.23. The highest BCUT2D eigenvalue weighted by Crippen LogP contribution is 2.31. The predicted molar refractivity (Wildman–Crippen MR) is 115 cm³/mol. The Hall–Kier alpha value is -4.00. The Morgan fingerprint density at radius 1 is 1.03 bits per heavy atom. The number of ether oxygens (including phenoxy) is 2. The molecule has 31 heavy (non-hydrogen) atoms. The van der Waals surface area contributed by atoms with Crippen LogP contribution in [0.5, 0.6) is 11.5 Å². The Morgan fingerprint density at radius 2 is 1.84 bits per heavy atom. The molecule has 0 radical (unpaired) electrons. The Balaban J connectivity index is 1.41. The van der Waals surface area contributed by atoms with Crippen molar-refractivity contribution in [2.45, 2.75) is 13.5 Å². The molecular formula is C24H21N3O4. The van der Waals surface area contributed by atoms with E-state index in [-0.39, 0.29) is 5.91 Å². The van der Waals surface area contributed by atoms with Gasteiger partial charge in [0.25, 0.3) is 5.91 Å². The second kappa shape index (κ2) is 8.02. The fourth-order valence-electron chi connectivity index (χ4n) is 3.47. The van der Waals surface area contributed by atoms with E-state index in [9.17, 15) is 4.79 Å². The molecule has 1 aliphatic heterocycles. The number of hydrogen-bond acceptors (Lipinski definition) is 5. The zero-order valence-corrected chi connectivity index (χ0v) is 17.0. The normalized spacial score (nSPS) is 12.5. The maximum Gasteiger partial charge on any atom is 0.255 e. The van der Waals surface area contributed by atoms with Crippen LogP contribution in [0.3, 0.4) is 0 Å². The molecule has 0 unspecified atom stereocenters. The molecule has 0 saturated carbocycles. The third kappa shape index (κ3) is 3.90. The lowest BCUT2D eigenvalue weighted by molar-refractivity contribution is 0.0951. The molecule has 2 aromatic carbocycles. The molecule has 0 aliphatic carbocycles. The summed E-state index contributed by atoms with van der Waals surface area (Å²) in [6, 6.07) is 19.0. The molecule has 0 saturated heterocycles. The highest BCUT2D eigenvalue weighted by molar-refractivity contribution is 5.99. The van der Waals surface area contributed by atoms with Gasteiger partial charge in [0.05, 0.1) is 11.3 Å². The van der Waals surface area contributed by atoms with E-state index >= 15 is 0 Å². The number of aryl methyl sites for hydroxylation is 1. The Labute approximate surface area is 179 Å². The molecule has 7 heteroatoms. The fourth-order valence-corrected chi connectivity index (χ4v) is 3.47. The van der Waals surface area contributed by atoms with Crippen molar-refractivity contribution < 1.29 is 18.7 Å². The van der Waals surface area contributed by atoms with Crippen molar-refractivity contribution in [2.24, 2.45) is 0 Å². The van der Waals surface area contributed by atoms with Gasteiger partial charge < -0.3 is 19.2 Å². The van der Waals surface area contributed by atoms with Gasteiger partial charge >= 0.3 is 0 Å². The number of nitrogens with zero attached hydrogens (tertiary/aromatic N) is 2. The second-order valence-electron chi connectivity index (χ2n) is 7.24. The van der Waals surface area contributed by atoms with Crippen LogP contribution in [-0.4, -0.2) is 28.9 Å². The largest absolute Gasteiger partial charge is 0.486 e. The first-order chi connectivity index (χ1) is 15.2. The average Bonchev–Trinajstić information content (AvgIpc) is 3.44. The zero-order chi connectivity index (χ0) is 21.2. The van der Waals surface area contributed by atoms with E-state index < -0.39 is 0 Å². The number of para-hydroxylation sites is 1. The molecule has 1 amide bonds. The summed E-state index contributed by atoms with van der Waals surface area (Å²) >= 11 is 0. The third-order valence-corrected chi connectivity index (χ3v) is 5.01.